The van der Waals surface area contributed by atoms with E-state index in [1.54, 1.807) is 0 Å². The molecule has 2 heteroatoms. The van der Waals surface area contributed by atoms with Crippen molar-refractivity contribution in [1.82, 2.24) is 0 Å². The van der Waals surface area contributed by atoms with E-state index >= 15 is 0 Å². The number of hydrogen-bond acceptors (Lipinski definition) is 2. The SMILES string of the molecule is CC(C)(N)C1[C@H]2CC(O)C[C@@H]12. The van der Waals surface area contributed by atoms with Gasteiger partial charge in [-0.1, -0.05) is 0 Å². The Morgan fingerprint density at radius 3 is 2.09 bits per heavy atom. The molecule has 0 aromatic rings. The fraction of sp³-hybridized carbons (Fsp3) is 1.00. The molecule has 0 radical (unpaired) electrons. The topological polar surface area (TPSA) is 46.2 Å². The van der Waals surface area contributed by atoms with E-state index in [1.165, 1.54) is 0 Å². The van der Waals surface area contributed by atoms with Crippen LogP contribution < -0.4 is 5.73 Å². The summed E-state index contributed by atoms with van der Waals surface area (Å²) in [6, 6.07) is 0. The molecule has 0 spiro atoms. The summed E-state index contributed by atoms with van der Waals surface area (Å²) in [5, 5.41) is 9.27. The molecule has 2 rings (SSSR count). The van der Waals surface area contributed by atoms with Crippen LogP contribution in [0.1, 0.15) is 26.7 Å². The summed E-state index contributed by atoms with van der Waals surface area (Å²) in [7, 11) is 0. The first kappa shape index (κ1) is 7.56. The van der Waals surface area contributed by atoms with E-state index in [2.05, 4.69) is 13.8 Å². The fourth-order valence-corrected chi connectivity index (χ4v) is 2.92. The third-order valence-electron chi connectivity index (χ3n) is 3.28. The molecule has 0 bridgehead atoms. The summed E-state index contributed by atoms with van der Waals surface area (Å²) in [5.74, 6) is 2.17. The number of aliphatic hydroxyl groups excluding tert-OH is 1. The summed E-state index contributed by atoms with van der Waals surface area (Å²) < 4.78 is 0. The van der Waals surface area contributed by atoms with E-state index in [0.717, 1.165) is 24.7 Å². The Hall–Kier alpha value is -0.0800. The lowest BCUT2D eigenvalue weighted by Crippen LogP contribution is -2.37. The highest BCUT2D eigenvalue weighted by molar-refractivity contribution is 5.11. The van der Waals surface area contributed by atoms with Crippen LogP contribution in [0.25, 0.3) is 0 Å². The predicted octanol–water partition coefficient (Wildman–Crippen LogP) is 0.741. The van der Waals surface area contributed by atoms with E-state index in [1.807, 2.05) is 0 Å². The van der Waals surface area contributed by atoms with Crippen molar-refractivity contribution in [3.05, 3.63) is 0 Å². The highest BCUT2D eigenvalue weighted by Crippen LogP contribution is 2.60. The van der Waals surface area contributed by atoms with Crippen LogP contribution in [-0.4, -0.2) is 16.7 Å². The third kappa shape index (κ3) is 1.09. The summed E-state index contributed by atoms with van der Waals surface area (Å²) in [4.78, 5) is 0. The summed E-state index contributed by atoms with van der Waals surface area (Å²) in [5.41, 5.74) is 5.98. The lowest BCUT2D eigenvalue weighted by molar-refractivity contribution is 0.153. The van der Waals surface area contributed by atoms with Crippen LogP contribution in [0.5, 0.6) is 0 Å². The largest absolute Gasteiger partial charge is 0.393 e. The van der Waals surface area contributed by atoms with Gasteiger partial charge in [0, 0.05) is 5.54 Å². The lowest BCUT2D eigenvalue weighted by Gasteiger charge is -2.21. The van der Waals surface area contributed by atoms with Gasteiger partial charge in [0.25, 0.3) is 0 Å². The van der Waals surface area contributed by atoms with E-state index in [9.17, 15) is 5.11 Å². The van der Waals surface area contributed by atoms with Gasteiger partial charge in [-0.05, 0) is 44.4 Å². The van der Waals surface area contributed by atoms with E-state index in [0.29, 0.717) is 5.92 Å². The first-order valence-corrected chi connectivity index (χ1v) is 4.47. The molecule has 0 saturated heterocycles. The van der Waals surface area contributed by atoms with Crippen molar-refractivity contribution in [2.75, 3.05) is 0 Å². The van der Waals surface area contributed by atoms with Gasteiger partial charge in [-0.2, -0.15) is 0 Å². The Labute approximate surface area is 67.8 Å². The maximum Gasteiger partial charge on any atom is 0.0546 e. The van der Waals surface area contributed by atoms with Crippen LogP contribution in [-0.2, 0) is 0 Å². The molecule has 0 aromatic carbocycles. The average Bonchev–Trinajstić information content (AvgIpc) is 2.31. The molecule has 0 aromatic heterocycles. The van der Waals surface area contributed by atoms with Gasteiger partial charge in [-0.3, -0.25) is 0 Å². The number of aliphatic hydroxyl groups is 1. The van der Waals surface area contributed by atoms with Gasteiger partial charge in [0.05, 0.1) is 6.10 Å². The van der Waals surface area contributed by atoms with Crippen molar-refractivity contribution in [3.8, 4) is 0 Å². The van der Waals surface area contributed by atoms with Crippen LogP contribution in [0.2, 0.25) is 0 Å². The van der Waals surface area contributed by atoms with Gasteiger partial charge in [0.1, 0.15) is 0 Å². The van der Waals surface area contributed by atoms with E-state index in [4.69, 9.17) is 5.73 Å². The van der Waals surface area contributed by atoms with Crippen LogP contribution in [0, 0.1) is 17.8 Å². The number of nitrogens with two attached hydrogens (primary N) is 1. The van der Waals surface area contributed by atoms with Crippen LogP contribution >= 0.6 is 0 Å². The van der Waals surface area contributed by atoms with Crippen molar-refractivity contribution in [1.29, 1.82) is 0 Å². The van der Waals surface area contributed by atoms with Gasteiger partial charge in [-0.15, -0.1) is 0 Å². The first-order valence-electron chi connectivity index (χ1n) is 4.47. The van der Waals surface area contributed by atoms with Crippen molar-refractivity contribution < 1.29 is 5.11 Å². The quantitative estimate of drug-likeness (QED) is 0.586. The molecule has 0 aliphatic heterocycles. The summed E-state index contributed by atoms with van der Waals surface area (Å²) >= 11 is 0. The smallest absolute Gasteiger partial charge is 0.0546 e. The highest BCUT2D eigenvalue weighted by Gasteiger charge is 2.60. The zero-order valence-electron chi connectivity index (χ0n) is 7.25. The molecule has 2 fully saturated rings. The molecule has 11 heavy (non-hydrogen) atoms. The van der Waals surface area contributed by atoms with Crippen LogP contribution in [0.15, 0.2) is 0 Å². The molecule has 3 N–H and O–H groups in total. The molecular formula is C9H17NO. The molecule has 4 atom stereocenters. The Kier molecular flexibility index (Phi) is 1.37. The number of rotatable bonds is 1. The van der Waals surface area contributed by atoms with Gasteiger partial charge < -0.3 is 10.8 Å². The van der Waals surface area contributed by atoms with Gasteiger partial charge in [0.2, 0.25) is 0 Å². The minimum atomic E-state index is -0.0244. The standard InChI is InChI=1S/C9H17NO/c1-9(2,10)8-6-3-5(11)4-7(6)8/h5-8,11H,3-4,10H2,1-2H3/t5?,6-,7+,8?. The molecule has 0 heterocycles. The van der Waals surface area contributed by atoms with Crippen molar-refractivity contribution in [2.24, 2.45) is 23.5 Å². The van der Waals surface area contributed by atoms with Crippen molar-refractivity contribution in [2.45, 2.75) is 38.3 Å². The number of hydrogen-bond donors (Lipinski definition) is 2. The zero-order chi connectivity index (χ0) is 8.22. The monoisotopic (exact) mass is 155 g/mol. The van der Waals surface area contributed by atoms with Crippen LogP contribution in [0.4, 0.5) is 0 Å². The molecule has 2 nitrogen and oxygen atoms in total. The second-order valence-corrected chi connectivity index (χ2v) is 4.80. The normalized spacial score (nSPS) is 49.1. The molecule has 64 valence electrons. The molecule has 2 aliphatic rings. The molecule has 2 aliphatic carbocycles. The Bertz CT molecular complexity index is 161. The van der Waals surface area contributed by atoms with Crippen molar-refractivity contribution >= 4 is 0 Å². The predicted molar refractivity (Wildman–Crippen MR) is 44.0 cm³/mol. The van der Waals surface area contributed by atoms with E-state index < -0.39 is 0 Å². The molecule has 2 saturated carbocycles. The lowest BCUT2D eigenvalue weighted by atomic mass is 9.93. The maximum atomic E-state index is 9.27. The maximum absolute atomic E-state index is 9.27. The van der Waals surface area contributed by atoms with Gasteiger partial charge in [0.15, 0.2) is 0 Å². The average molecular weight is 155 g/mol. The minimum absolute atomic E-state index is 0.0184. The number of fused-ring (bicyclic) bond motifs is 1. The second kappa shape index (κ2) is 1.99. The Morgan fingerprint density at radius 2 is 1.73 bits per heavy atom. The highest BCUT2D eigenvalue weighted by atomic mass is 16.3. The Balaban J connectivity index is 1.98. The molecular weight excluding hydrogens is 138 g/mol. The molecule has 2 unspecified atom stereocenters. The van der Waals surface area contributed by atoms with Gasteiger partial charge >= 0.3 is 0 Å². The van der Waals surface area contributed by atoms with E-state index in [-0.39, 0.29) is 11.6 Å². The zero-order valence-corrected chi connectivity index (χ0v) is 7.25. The van der Waals surface area contributed by atoms with Crippen LogP contribution in [0.3, 0.4) is 0 Å². The minimum Gasteiger partial charge on any atom is -0.393 e. The fourth-order valence-electron chi connectivity index (χ4n) is 2.92. The van der Waals surface area contributed by atoms with Gasteiger partial charge in [-0.25, -0.2) is 0 Å². The van der Waals surface area contributed by atoms with Crippen molar-refractivity contribution in [3.63, 3.8) is 0 Å². The summed E-state index contributed by atoms with van der Waals surface area (Å²) in [6.07, 6.45) is 1.97. The second-order valence-electron chi connectivity index (χ2n) is 4.80. The Morgan fingerprint density at radius 1 is 1.27 bits per heavy atom. The summed E-state index contributed by atoms with van der Waals surface area (Å²) in [6.45, 7) is 4.20. The third-order valence-corrected chi connectivity index (χ3v) is 3.28. The first-order chi connectivity index (χ1) is 5.00. The molecule has 0 amide bonds.